The monoisotopic (exact) mass is 353 g/mol. The number of benzene rings is 2. The minimum Gasteiger partial charge on any atom is -0.309 e. The maximum absolute atomic E-state index is 3.60. The minimum atomic E-state index is 0.207. The first-order chi connectivity index (χ1) is 8.22. The van der Waals surface area contributed by atoms with Crippen molar-refractivity contribution in [2.24, 2.45) is 0 Å². The molecule has 1 N–H and O–H groups in total. The molecule has 0 aromatic heterocycles. The number of hydrogen-bond donors (Lipinski definition) is 1. The molecule has 0 amide bonds. The molecule has 3 heteroatoms. The predicted octanol–water partition coefficient (Wildman–Crippen LogP) is 4.52. The molecule has 1 atom stereocenters. The van der Waals surface area contributed by atoms with E-state index in [0.717, 1.165) is 8.95 Å². The molecule has 0 spiro atoms. The fourth-order valence-electron chi connectivity index (χ4n) is 1.87. The van der Waals surface area contributed by atoms with E-state index in [4.69, 9.17) is 0 Å². The lowest BCUT2D eigenvalue weighted by molar-refractivity contribution is 0.689. The predicted molar refractivity (Wildman–Crippen MR) is 79.2 cm³/mol. The van der Waals surface area contributed by atoms with Gasteiger partial charge in [-0.2, -0.15) is 0 Å². The fraction of sp³-hybridized carbons (Fsp3) is 0.143. The highest BCUT2D eigenvalue weighted by Crippen LogP contribution is 2.28. The summed E-state index contributed by atoms with van der Waals surface area (Å²) in [4.78, 5) is 0. The summed E-state index contributed by atoms with van der Waals surface area (Å²) in [6, 6.07) is 16.9. The van der Waals surface area contributed by atoms with Crippen molar-refractivity contribution in [3.8, 4) is 0 Å². The van der Waals surface area contributed by atoms with E-state index in [0.29, 0.717) is 0 Å². The molecule has 0 bridgehead atoms. The second-order valence-corrected chi connectivity index (χ2v) is 5.56. The molecule has 0 aliphatic rings. The van der Waals surface area contributed by atoms with Crippen LogP contribution in [0.3, 0.4) is 0 Å². The van der Waals surface area contributed by atoms with Crippen LogP contribution < -0.4 is 5.32 Å². The number of hydrogen-bond acceptors (Lipinski definition) is 1. The Balaban J connectivity index is 2.40. The fourth-order valence-corrected chi connectivity index (χ4v) is 2.64. The van der Waals surface area contributed by atoms with Gasteiger partial charge in [0.1, 0.15) is 0 Å². The van der Waals surface area contributed by atoms with Crippen LogP contribution in [0.15, 0.2) is 57.5 Å². The number of rotatable bonds is 3. The topological polar surface area (TPSA) is 12.0 Å². The highest BCUT2D eigenvalue weighted by atomic mass is 79.9. The van der Waals surface area contributed by atoms with E-state index >= 15 is 0 Å². The Bertz CT molecular complexity index is 494. The van der Waals surface area contributed by atoms with Crippen LogP contribution in [0.25, 0.3) is 0 Å². The van der Waals surface area contributed by atoms with Crippen LogP contribution in [0.1, 0.15) is 17.2 Å². The molecule has 0 aliphatic carbocycles. The van der Waals surface area contributed by atoms with Gasteiger partial charge in [0, 0.05) is 8.95 Å². The Kier molecular flexibility index (Phi) is 4.37. The van der Waals surface area contributed by atoms with Crippen LogP contribution in [-0.2, 0) is 0 Å². The zero-order valence-electron chi connectivity index (χ0n) is 9.45. The van der Waals surface area contributed by atoms with Crippen molar-refractivity contribution in [3.05, 3.63) is 68.6 Å². The van der Waals surface area contributed by atoms with E-state index in [1.807, 2.05) is 13.1 Å². The van der Waals surface area contributed by atoms with Gasteiger partial charge in [-0.3, -0.25) is 0 Å². The Labute approximate surface area is 119 Å². The second kappa shape index (κ2) is 5.80. The summed E-state index contributed by atoms with van der Waals surface area (Å²) >= 11 is 7.06. The maximum atomic E-state index is 3.60. The number of nitrogens with one attached hydrogen (secondary N) is 1. The van der Waals surface area contributed by atoms with Crippen molar-refractivity contribution in [2.75, 3.05) is 7.05 Å². The maximum Gasteiger partial charge on any atom is 0.0585 e. The Morgan fingerprint density at radius 2 is 1.59 bits per heavy atom. The molecule has 1 nitrogen and oxygen atoms in total. The zero-order valence-corrected chi connectivity index (χ0v) is 12.6. The molecule has 0 radical (unpaired) electrons. The van der Waals surface area contributed by atoms with Crippen LogP contribution in [0.2, 0.25) is 0 Å². The standard InChI is InChI=1S/C14H13Br2N/c1-17-14(10-6-8-11(15)9-7-10)12-4-2-3-5-13(12)16/h2-9,14,17H,1H3. The molecule has 2 rings (SSSR count). The third kappa shape index (κ3) is 2.97. The van der Waals surface area contributed by atoms with Gasteiger partial charge >= 0.3 is 0 Å². The van der Waals surface area contributed by atoms with E-state index in [2.05, 4.69) is 79.6 Å². The van der Waals surface area contributed by atoms with Crippen molar-refractivity contribution in [1.82, 2.24) is 5.32 Å². The van der Waals surface area contributed by atoms with Crippen LogP contribution in [-0.4, -0.2) is 7.05 Å². The van der Waals surface area contributed by atoms with Gasteiger partial charge < -0.3 is 5.32 Å². The van der Waals surface area contributed by atoms with Gasteiger partial charge in [0.15, 0.2) is 0 Å². The molecule has 1 unspecified atom stereocenters. The van der Waals surface area contributed by atoms with Crippen LogP contribution in [0.4, 0.5) is 0 Å². The summed E-state index contributed by atoms with van der Waals surface area (Å²) in [7, 11) is 1.98. The van der Waals surface area contributed by atoms with Gasteiger partial charge in [-0.25, -0.2) is 0 Å². The van der Waals surface area contributed by atoms with E-state index in [1.165, 1.54) is 11.1 Å². The average molecular weight is 355 g/mol. The zero-order chi connectivity index (χ0) is 12.3. The lowest BCUT2D eigenvalue weighted by Crippen LogP contribution is -2.17. The average Bonchev–Trinajstić information content (AvgIpc) is 2.35. The van der Waals surface area contributed by atoms with Crippen molar-refractivity contribution in [1.29, 1.82) is 0 Å². The molecular weight excluding hydrogens is 342 g/mol. The highest BCUT2D eigenvalue weighted by Gasteiger charge is 2.13. The van der Waals surface area contributed by atoms with Crippen LogP contribution >= 0.6 is 31.9 Å². The molecule has 88 valence electrons. The lowest BCUT2D eigenvalue weighted by Gasteiger charge is -2.18. The minimum absolute atomic E-state index is 0.207. The Hall–Kier alpha value is -0.640. The number of halogens is 2. The molecular formula is C14H13Br2N. The molecule has 2 aromatic carbocycles. The molecule has 17 heavy (non-hydrogen) atoms. The molecule has 2 aromatic rings. The summed E-state index contributed by atoms with van der Waals surface area (Å²) in [5.74, 6) is 0. The normalized spacial score (nSPS) is 12.4. The molecule has 0 saturated heterocycles. The summed E-state index contributed by atoms with van der Waals surface area (Å²) in [5, 5.41) is 3.35. The van der Waals surface area contributed by atoms with Crippen molar-refractivity contribution < 1.29 is 0 Å². The third-order valence-corrected chi connectivity index (χ3v) is 3.96. The first-order valence-corrected chi connectivity index (χ1v) is 6.98. The lowest BCUT2D eigenvalue weighted by atomic mass is 9.99. The smallest absolute Gasteiger partial charge is 0.0585 e. The summed E-state index contributed by atoms with van der Waals surface area (Å²) in [5.41, 5.74) is 2.50. The summed E-state index contributed by atoms with van der Waals surface area (Å²) in [6.45, 7) is 0. The quantitative estimate of drug-likeness (QED) is 0.854. The Morgan fingerprint density at radius 1 is 0.941 bits per heavy atom. The summed E-state index contributed by atoms with van der Waals surface area (Å²) in [6.07, 6.45) is 0. The Morgan fingerprint density at radius 3 is 2.18 bits per heavy atom. The van der Waals surface area contributed by atoms with Gasteiger partial charge in [-0.05, 0) is 36.4 Å². The second-order valence-electron chi connectivity index (χ2n) is 3.79. The van der Waals surface area contributed by atoms with E-state index in [9.17, 15) is 0 Å². The highest BCUT2D eigenvalue weighted by molar-refractivity contribution is 9.10. The molecule has 0 fully saturated rings. The van der Waals surface area contributed by atoms with Gasteiger partial charge in [0.25, 0.3) is 0 Å². The van der Waals surface area contributed by atoms with E-state index < -0.39 is 0 Å². The molecule has 0 saturated carbocycles. The van der Waals surface area contributed by atoms with Crippen molar-refractivity contribution in [2.45, 2.75) is 6.04 Å². The van der Waals surface area contributed by atoms with Crippen LogP contribution in [0, 0.1) is 0 Å². The molecule has 0 heterocycles. The third-order valence-electron chi connectivity index (χ3n) is 2.71. The SMILES string of the molecule is CNC(c1ccc(Br)cc1)c1ccccc1Br. The van der Waals surface area contributed by atoms with Crippen molar-refractivity contribution >= 4 is 31.9 Å². The van der Waals surface area contributed by atoms with Gasteiger partial charge in [0.2, 0.25) is 0 Å². The van der Waals surface area contributed by atoms with Gasteiger partial charge in [-0.15, -0.1) is 0 Å². The molecule has 0 aliphatic heterocycles. The van der Waals surface area contributed by atoms with Gasteiger partial charge in [-0.1, -0.05) is 62.2 Å². The van der Waals surface area contributed by atoms with E-state index in [1.54, 1.807) is 0 Å². The first-order valence-electron chi connectivity index (χ1n) is 5.39. The van der Waals surface area contributed by atoms with Gasteiger partial charge in [0.05, 0.1) is 6.04 Å². The van der Waals surface area contributed by atoms with Crippen molar-refractivity contribution in [3.63, 3.8) is 0 Å². The first kappa shape index (κ1) is 12.8. The van der Waals surface area contributed by atoms with Crippen LogP contribution in [0.5, 0.6) is 0 Å². The largest absolute Gasteiger partial charge is 0.309 e. The van der Waals surface area contributed by atoms with E-state index in [-0.39, 0.29) is 6.04 Å². The summed E-state index contributed by atoms with van der Waals surface area (Å²) < 4.78 is 2.23.